The van der Waals surface area contributed by atoms with Crippen molar-refractivity contribution in [3.63, 3.8) is 0 Å². The lowest BCUT2D eigenvalue weighted by atomic mass is 9.87. The van der Waals surface area contributed by atoms with Crippen molar-refractivity contribution in [2.45, 2.75) is 24.8 Å². The maximum atomic E-state index is 12.4. The largest absolute Gasteiger partial charge is 0.481 e. The molecule has 0 radical (unpaired) electrons. The summed E-state index contributed by atoms with van der Waals surface area (Å²) in [6.45, 7) is 5.80. The van der Waals surface area contributed by atoms with Gasteiger partial charge in [-0.3, -0.25) is 19.4 Å². The van der Waals surface area contributed by atoms with Crippen LogP contribution in [-0.4, -0.2) is 64.5 Å². The standard InChI is InChI=1S/C13H19N3O4/c1-2-6-15-8-4-13(5-9-15)11(19)16(12(20)14-13)7-3-10(17)18/h2H,1,3-9H2,(H,14,20)(H,17,18). The van der Waals surface area contributed by atoms with Crippen molar-refractivity contribution < 1.29 is 19.5 Å². The van der Waals surface area contributed by atoms with Gasteiger partial charge in [-0.25, -0.2) is 4.79 Å². The fourth-order valence-corrected chi connectivity index (χ4v) is 2.73. The fourth-order valence-electron chi connectivity index (χ4n) is 2.73. The van der Waals surface area contributed by atoms with Gasteiger partial charge in [-0.2, -0.15) is 0 Å². The van der Waals surface area contributed by atoms with Gasteiger partial charge in [-0.15, -0.1) is 6.58 Å². The van der Waals surface area contributed by atoms with E-state index in [1.54, 1.807) is 0 Å². The third kappa shape index (κ3) is 2.67. The fraction of sp³-hybridized carbons (Fsp3) is 0.615. The minimum absolute atomic E-state index is 0.0713. The van der Waals surface area contributed by atoms with E-state index in [1.807, 2.05) is 6.08 Å². The van der Waals surface area contributed by atoms with E-state index in [9.17, 15) is 14.4 Å². The van der Waals surface area contributed by atoms with E-state index in [4.69, 9.17) is 5.11 Å². The summed E-state index contributed by atoms with van der Waals surface area (Å²) in [7, 11) is 0. The van der Waals surface area contributed by atoms with Gasteiger partial charge in [0.1, 0.15) is 5.54 Å². The normalized spacial score (nSPS) is 22.1. The lowest BCUT2D eigenvalue weighted by Gasteiger charge is -2.36. The minimum Gasteiger partial charge on any atom is -0.481 e. The molecule has 110 valence electrons. The first-order chi connectivity index (χ1) is 9.48. The molecule has 0 bridgehead atoms. The van der Waals surface area contributed by atoms with Crippen LogP contribution in [0, 0.1) is 0 Å². The molecule has 20 heavy (non-hydrogen) atoms. The zero-order chi connectivity index (χ0) is 14.8. The summed E-state index contributed by atoms with van der Waals surface area (Å²) in [5.74, 6) is -1.31. The van der Waals surface area contributed by atoms with Crippen LogP contribution in [0.5, 0.6) is 0 Å². The molecule has 0 aromatic heterocycles. The molecule has 0 aliphatic carbocycles. The second kappa shape index (κ2) is 5.62. The molecular formula is C13H19N3O4. The van der Waals surface area contributed by atoms with Gasteiger partial charge >= 0.3 is 12.0 Å². The Morgan fingerprint density at radius 3 is 2.60 bits per heavy atom. The van der Waals surface area contributed by atoms with Crippen LogP contribution in [0.1, 0.15) is 19.3 Å². The van der Waals surface area contributed by atoms with E-state index in [0.717, 1.165) is 11.4 Å². The second-order valence-corrected chi connectivity index (χ2v) is 5.20. The number of carbonyl (C=O) groups is 3. The highest BCUT2D eigenvalue weighted by Gasteiger charge is 2.51. The second-order valence-electron chi connectivity index (χ2n) is 5.20. The van der Waals surface area contributed by atoms with Crippen molar-refractivity contribution in [2.75, 3.05) is 26.2 Å². The number of amides is 3. The Kier molecular flexibility index (Phi) is 4.08. The molecule has 2 aliphatic heterocycles. The van der Waals surface area contributed by atoms with Crippen LogP contribution in [0.25, 0.3) is 0 Å². The topological polar surface area (TPSA) is 90.0 Å². The molecule has 2 aliphatic rings. The average molecular weight is 281 g/mol. The summed E-state index contributed by atoms with van der Waals surface area (Å²) in [5.41, 5.74) is -0.840. The molecule has 2 saturated heterocycles. The van der Waals surface area contributed by atoms with Crippen LogP contribution in [0.15, 0.2) is 12.7 Å². The third-order valence-corrected chi connectivity index (χ3v) is 3.89. The molecule has 7 nitrogen and oxygen atoms in total. The van der Waals surface area contributed by atoms with Crippen molar-refractivity contribution in [3.05, 3.63) is 12.7 Å². The molecule has 0 unspecified atom stereocenters. The molecule has 0 atom stereocenters. The number of piperidine rings is 1. The number of hydrogen-bond donors (Lipinski definition) is 2. The molecule has 2 N–H and O–H groups in total. The molecule has 1 spiro atoms. The van der Waals surface area contributed by atoms with Crippen molar-refractivity contribution >= 4 is 17.9 Å². The van der Waals surface area contributed by atoms with E-state index >= 15 is 0 Å². The highest BCUT2D eigenvalue weighted by atomic mass is 16.4. The Labute approximate surface area is 117 Å². The number of nitrogens with zero attached hydrogens (tertiary/aromatic N) is 2. The first-order valence-electron chi connectivity index (χ1n) is 6.68. The Morgan fingerprint density at radius 2 is 2.05 bits per heavy atom. The zero-order valence-corrected chi connectivity index (χ0v) is 11.3. The highest BCUT2D eigenvalue weighted by molar-refractivity contribution is 6.07. The Hall–Kier alpha value is -1.89. The summed E-state index contributed by atoms with van der Waals surface area (Å²) in [6.07, 6.45) is 2.69. The first kappa shape index (κ1) is 14.5. The molecule has 0 aromatic rings. The number of nitrogens with one attached hydrogen (secondary N) is 1. The number of carboxylic acid groups (broad SMARTS) is 1. The smallest absolute Gasteiger partial charge is 0.325 e. The van der Waals surface area contributed by atoms with E-state index in [0.29, 0.717) is 25.9 Å². The Balaban J connectivity index is 2.00. The van der Waals surface area contributed by atoms with Crippen LogP contribution >= 0.6 is 0 Å². The number of rotatable bonds is 5. The molecule has 7 heteroatoms. The van der Waals surface area contributed by atoms with E-state index < -0.39 is 17.5 Å². The molecule has 2 fully saturated rings. The maximum absolute atomic E-state index is 12.4. The predicted octanol–water partition coefficient (Wildman–Crippen LogP) is 0.0335. The highest BCUT2D eigenvalue weighted by Crippen LogP contribution is 2.29. The van der Waals surface area contributed by atoms with Crippen molar-refractivity contribution in [2.24, 2.45) is 0 Å². The molecule has 2 rings (SSSR count). The van der Waals surface area contributed by atoms with Gasteiger partial charge in [0, 0.05) is 26.2 Å². The number of likely N-dealkylation sites (tertiary alicyclic amines) is 1. The Morgan fingerprint density at radius 1 is 1.40 bits per heavy atom. The third-order valence-electron chi connectivity index (χ3n) is 3.89. The van der Waals surface area contributed by atoms with Gasteiger partial charge in [0.25, 0.3) is 5.91 Å². The van der Waals surface area contributed by atoms with E-state index in [-0.39, 0.29) is 18.9 Å². The number of carboxylic acids is 1. The molecule has 0 aromatic carbocycles. The number of urea groups is 1. The van der Waals surface area contributed by atoms with Crippen LogP contribution in [0.2, 0.25) is 0 Å². The average Bonchev–Trinajstić information content (AvgIpc) is 2.62. The van der Waals surface area contributed by atoms with Gasteiger partial charge in [-0.1, -0.05) is 6.08 Å². The quantitative estimate of drug-likeness (QED) is 0.548. The monoisotopic (exact) mass is 281 g/mol. The van der Waals surface area contributed by atoms with Gasteiger partial charge in [0.15, 0.2) is 0 Å². The maximum Gasteiger partial charge on any atom is 0.325 e. The van der Waals surface area contributed by atoms with Crippen LogP contribution in [0.4, 0.5) is 4.79 Å². The van der Waals surface area contributed by atoms with Crippen molar-refractivity contribution in [1.82, 2.24) is 15.1 Å². The zero-order valence-electron chi connectivity index (χ0n) is 11.3. The molecule has 3 amide bonds. The van der Waals surface area contributed by atoms with Gasteiger partial charge in [0.05, 0.1) is 6.42 Å². The van der Waals surface area contributed by atoms with Crippen molar-refractivity contribution in [1.29, 1.82) is 0 Å². The Bertz CT molecular complexity index is 441. The first-order valence-corrected chi connectivity index (χ1v) is 6.68. The van der Waals surface area contributed by atoms with E-state index in [2.05, 4.69) is 16.8 Å². The number of carbonyl (C=O) groups excluding carboxylic acids is 2. The summed E-state index contributed by atoms with van der Waals surface area (Å²) >= 11 is 0. The summed E-state index contributed by atoms with van der Waals surface area (Å²) in [5, 5.41) is 11.4. The minimum atomic E-state index is -1.02. The van der Waals surface area contributed by atoms with Crippen LogP contribution in [0.3, 0.4) is 0 Å². The van der Waals surface area contributed by atoms with Gasteiger partial charge < -0.3 is 10.4 Å². The SMILES string of the molecule is C=CCN1CCC2(CC1)NC(=O)N(CCC(=O)O)C2=O. The number of hydrogen-bond acceptors (Lipinski definition) is 4. The molecule has 2 heterocycles. The van der Waals surface area contributed by atoms with Gasteiger partial charge in [-0.05, 0) is 12.8 Å². The summed E-state index contributed by atoms with van der Waals surface area (Å²) in [6, 6.07) is -0.478. The summed E-state index contributed by atoms with van der Waals surface area (Å²) < 4.78 is 0. The predicted molar refractivity (Wildman–Crippen MR) is 71.1 cm³/mol. The lowest BCUT2D eigenvalue weighted by molar-refractivity contribution is -0.138. The van der Waals surface area contributed by atoms with Gasteiger partial charge in [0.2, 0.25) is 0 Å². The van der Waals surface area contributed by atoms with E-state index in [1.165, 1.54) is 0 Å². The van der Waals surface area contributed by atoms with Crippen LogP contribution in [-0.2, 0) is 9.59 Å². The molecular weight excluding hydrogens is 262 g/mol. The molecule has 0 saturated carbocycles. The lowest BCUT2D eigenvalue weighted by Crippen LogP contribution is -2.54. The number of aliphatic carboxylic acids is 1. The van der Waals surface area contributed by atoms with Crippen molar-refractivity contribution in [3.8, 4) is 0 Å². The van der Waals surface area contributed by atoms with Crippen LogP contribution < -0.4 is 5.32 Å². The number of imide groups is 1. The summed E-state index contributed by atoms with van der Waals surface area (Å²) in [4.78, 5) is 38.0.